The van der Waals surface area contributed by atoms with Crippen molar-refractivity contribution in [2.75, 3.05) is 32.3 Å². The molecule has 3 aromatic rings. The standard InChI is InChI=1S/C26H33N5O5S2/c1-8-31-19(13-36-18-11-9-17(10-12-18)15(2)3)28-29-26(31)37-14-20(32)27-23-21(25(34)35-7)16(4)22(38-23)24(33)30(5)6/h9-12,15H,8,13-14H2,1-7H3,(H,27,32). The van der Waals surface area contributed by atoms with Crippen molar-refractivity contribution < 1.29 is 23.9 Å². The van der Waals surface area contributed by atoms with Gasteiger partial charge in [0.1, 0.15) is 17.4 Å². The highest BCUT2D eigenvalue weighted by atomic mass is 32.2. The van der Waals surface area contributed by atoms with Crippen molar-refractivity contribution in [2.45, 2.75) is 51.9 Å². The first kappa shape index (κ1) is 29.2. The molecule has 3 rings (SSSR count). The lowest BCUT2D eigenvalue weighted by atomic mass is 10.0. The molecule has 0 fully saturated rings. The Morgan fingerprint density at radius 1 is 1.16 bits per heavy atom. The summed E-state index contributed by atoms with van der Waals surface area (Å²) in [5.74, 6) is 0.652. The van der Waals surface area contributed by atoms with Crippen LogP contribution in [0.2, 0.25) is 0 Å². The van der Waals surface area contributed by atoms with Gasteiger partial charge in [-0.3, -0.25) is 9.59 Å². The summed E-state index contributed by atoms with van der Waals surface area (Å²) in [5, 5.41) is 12.1. The summed E-state index contributed by atoms with van der Waals surface area (Å²) in [4.78, 5) is 39.5. The molecular weight excluding hydrogens is 526 g/mol. The van der Waals surface area contributed by atoms with E-state index in [1.54, 1.807) is 21.0 Å². The van der Waals surface area contributed by atoms with E-state index in [4.69, 9.17) is 9.47 Å². The number of carbonyl (C=O) groups is 3. The van der Waals surface area contributed by atoms with Crippen LogP contribution in [0.4, 0.5) is 5.00 Å². The van der Waals surface area contributed by atoms with Gasteiger partial charge in [0.2, 0.25) is 5.91 Å². The molecule has 0 atom stereocenters. The first-order valence-electron chi connectivity index (χ1n) is 12.1. The van der Waals surface area contributed by atoms with Gasteiger partial charge in [-0.25, -0.2) is 4.79 Å². The molecule has 1 aromatic carbocycles. The highest BCUT2D eigenvalue weighted by Gasteiger charge is 2.27. The van der Waals surface area contributed by atoms with Gasteiger partial charge in [-0.1, -0.05) is 37.7 Å². The van der Waals surface area contributed by atoms with Gasteiger partial charge in [0.15, 0.2) is 11.0 Å². The van der Waals surface area contributed by atoms with Crippen LogP contribution in [0.25, 0.3) is 0 Å². The first-order chi connectivity index (χ1) is 18.1. The van der Waals surface area contributed by atoms with E-state index in [0.717, 1.165) is 17.1 Å². The van der Waals surface area contributed by atoms with Crippen molar-refractivity contribution in [2.24, 2.45) is 0 Å². The molecule has 0 aliphatic rings. The van der Waals surface area contributed by atoms with Crippen molar-refractivity contribution in [3.63, 3.8) is 0 Å². The third kappa shape index (κ3) is 6.73. The number of anilines is 1. The summed E-state index contributed by atoms with van der Waals surface area (Å²) in [6.45, 7) is 8.76. The highest BCUT2D eigenvalue weighted by Crippen LogP contribution is 2.34. The van der Waals surface area contributed by atoms with E-state index in [-0.39, 0.29) is 34.7 Å². The summed E-state index contributed by atoms with van der Waals surface area (Å²) in [7, 11) is 4.51. The van der Waals surface area contributed by atoms with Crippen LogP contribution < -0.4 is 10.1 Å². The predicted octanol–water partition coefficient (Wildman–Crippen LogP) is 4.59. The zero-order chi connectivity index (χ0) is 28.0. The Morgan fingerprint density at radius 3 is 2.42 bits per heavy atom. The lowest BCUT2D eigenvalue weighted by Crippen LogP contribution is -2.21. The van der Waals surface area contributed by atoms with Crippen LogP contribution in [-0.4, -0.2) is 64.4 Å². The second-order valence-electron chi connectivity index (χ2n) is 8.94. The fourth-order valence-corrected chi connectivity index (χ4v) is 5.65. The van der Waals surface area contributed by atoms with Crippen LogP contribution >= 0.6 is 23.1 Å². The number of aromatic nitrogens is 3. The van der Waals surface area contributed by atoms with Gasteiger partial charge in [-0.15, -0.1) is 21.5 Å². The van der Waals surface area contributed by atoms with Gasteiger partial charge in [-0.2, -0.15) is 0 Å². The predicted molar refractivity (Wildman–Crippen MR) is 148 cm³/mol. The molecule has 1 N–H and O–H groups in total. The number of methoxy groups -OCH3 is 1. The molecule has 2 aromatic heterocycles. The number of nitrogens with one attached hydrogen (secondary N) is 1. The fraction of sp³-hybridized carbons (Fsp3) is 0.423. The largest absolute Gasteiger partial charge is 0.486 e. The second kappa shape index (κ2) is 12.9. The number of hydrogen-bond acceptors (Lipinski definition) is 9. The van der Waals surface area contributed by atoms with Gasteiger partial charge in [0.05, 0.1) is 23.3 Å². The summed E-state index contributed by atoms with van der Waals surface area (Å²) in [6.07, 6.45) is 0. The number of carbonyl (C=O) groups excluding carboxylic acids is 3. The molecule has 2 heterocycles. The molecule has 0 radical (unpaired) electrons. The summed E-state index contributed by atoms with van der Waals surface area (Å²) in [6, 6.07) is 7.97. The SMILES string of the molecule is CCn1c(COc2ccc(C(C)C)cc2)nnc1SCC(=O)Nc1sc(C(=O)N(C)C)c(C)c1C(=O)OC. The minimum atomic E-state index is -0.617. The van der Waals surface area contributed by atoms with E-state index in [9.17, 15) is 14.4 Å². The van der Waals surface area contributed by atoms with Crippen LogP contribution in [0, 0.1) is 6.92 Å². The van der Waals surface area contributed by atoms with E-state index >= 15 is 0 Å². The molecule has 0 unspecified atom stereocenters. The Labute approximate surface area is 230 Å². The number of hydrogen-bond donors (Lipinski definition) is 1. The smallest absolute Gasteiger partial charge is 0.341 e. The Hall–Kier alpha value is -3.38. The van der Waals surface area contributed by atoms with Crippen LogP contribution in [0.15, 0.2) is 29.4 Å². The molecule has 2 amide bonds. The Balaban J connectivity index is 1.67. The van der Waals surface area contributed by atoms with E-state index < -0.39 is 5.97 Å². The van der Waals surface area contributed by atoms with E-state index in [1.165, 1.54) is 29.3 Å². The third-order valence-corrected chi connectivity index (χ3v) is 7.91. The Morgan fingerprint density at radius 2 is 1.84 bits per heavy atom. The molecule has 12 heteroatoms. The van der Waals surface area contributed by atoms with E-state index in [2.05, 4.69) is 29.4 Å². The lowest BCUT2D eigenvalue weighted by molar-refractivity contribution is -0.113. The van der Waals surface area contributed by atoms with E-state index in [0.29, 0.717) is 33.9 Å². The monoisotopic (exact) mass is 559 g/mol. The van der Waals surface area contributed by atoms with Gasteiger partial charge in [-0.05, 0) is 43.0 Å². The third-order valence-electron chi connectivity index (χ3n) is 5.75. The minimum Gasteiger partial charge on any atom is -0.486 e. The minimum absolute atomic E-state index is 0.0319. The van der Waals surface area contributed by atoms with Crippen LogP contribution in [-0.2, 0) is 22.7 Å². The number of thioether (sulfide) groups is 1. The highest BCUT2D eigenvalue weighted by molar-refractivity contribution is 7.99. The topological polar surface area (TPSA) is 116 Å². The van der Waals surface area contributed by atoms with Gasteiger partial charge >= 0.3 is 5.97 Å². The maximum atomic E-state index is 12.8. The molecule has 0 bridgehead atoms. The van der Waals surface area contributed by atoms with E-state index in [1.807, 2.05) is 35.8 Å². The van der Waals surface area contributed by atoms with Crippen molar-refractivity contribution in [1.82, 2.24) is 19.7 Å². The average molecular weight is 560 g/mol. The van der Waals surface area contributed by atoms with Gasteiger partial charge in [0, 0.05) is 20.6 Å². The number of ether oxygens (including phenoxy) is 2. The Bertz CT molecular complexity index is 1300. The van der Waals surface area contributed by atoms with Crippen molar-refractivity contribution >= 4 is 45.9 Å². The lowest BCUT2D eigenvalue weighted by Gasteiger charge is -2.10. The number of rotatable bonds is 11. The number of amides is 2. The average Bonchev–Trinajstić information content (AvgIpc) is 3.44. The van der Waals surface area contributed by atoms with Crippen molar-refractivity contribution in [3.05, 3.63) is 51.7 Å². The van der Waals surface area contributed by atoms with Crippen LogP contribution in [0.5, 0.6) is 5.75 Å². The number of thiophene rings is 1. The normalized spacial score (nSPS) is 10.9. The summed E-state index contributed by atoms with van der Waals surface area (Å²) in [5.41, 5.74) is 1.89. The zero-order valence-electron chi connectivity index (χ0n) is 22.7. The quantitative estimate of drug-likeness (QED) is 0.268. The summed E-state index contributed by atoms with van der Waals surface area (Å²) >= 11 is 2.28. The molecule has 0 saturated heterocycles. The molecule has 0 aliphatic heterocycles. The first-order valence-corrected chi connectivity index (χ1v) is 13.9. The molecule has 204 valence electrons. The zero-order valence-corrected chi connectivity index (χ0v) is 24.3. The van der Waals surface area contributed by atoms with Gasteiger partial charge < -0.3 is 24.3 Å². The fourth-order valence-electron chi connectivity index (χ4n) is 3.60. The van der Waals surface area contributed by atoms with Crippen molar-refractivity contribution in [3.8, 4) is 5.75 Å². The Kier molecular flexibility index (Phi) is 9.92. The molecule has 0 spiro atoms. The molecular formula is C26H33N5O5S2. The van der Waals surface area contributed by atoms with Gasteiger partial charge in [0.25, 0.3) is 5.91 Å². The summed E-state index contributed by atoms with van der Waals surface area (Å²) < 4.78 is 12.7. The molecule has 0 saturated carbocycles. The maximum Gasteiger partial charge on any atom is 0.341 e. The maximum absolute atomic E-state index is 12.8. The second-order valence-corrected chi connectivity index (χ2v) is 10.9. The van der Waals surface area contributed by atoms with Crippen LogP contribution in [0.1, 0.15) is 63.7 Å². The number of esters is 1. The van der Waals surface area contributed by atoms with Crippen LogP contribution in [0.3, 0.4) is 0 Å². The molecule has 10 nitrogen and oxygen atoms in total. The molecule has 38 heavy (non-hydrogen) atoms. The number of nitrogens with zero attached hydrogens (tertiary/aromatic N) is 4. The van der Waals surface area contributed by atoms with Crippen molar-refractivity contribution in [1.29, 1.82) is 0 Å². The number of benzene rings is 1. The molecule has 0 aliphatic carbocycles.